The number of carbonyl (C=O) groups is 4. The molecule has 28 heavy (non-hydrogen) atoms. The molecule has 0 aliphatic rings. The van der Waals surface area contributed by atoms with E-state index in [0.717, 1.165) is 0 Å². The second-order valence-electron chi connectivity index (χ2n) is 5.79. The Labute approximate surface area is 167 Å². The first-order chi connectivity index (χ1) is 13.2. The number of guanidine groups is 1. The molecular weight excluding hydrogens is 390 g/mol. The molecule has 160 valence electrons. The SMILES string of the molecule is CSCCC(NC(=O)CNC(=O)CNC(=O)C(N)CCCN=C(N)N)C(=O)O. The number of aliphatic carboxylic acids is 1. The van der Waals surface area contributed by atoms with Crippen LogP contribution in [0.2, 0.25) is 0 Å². The lowest BCUT2D eigenvalue weighted by Gasteiger charge is -2.14. The summed E-state index contributed by atoms with van der Waals surface area (Å²) in [6.07, 6.45) is 2.93. The van der Waals surface area contributed by atoms with E-state index in [1.54, 1.807) is 0 Å². The number of nitrogens with two attached hydrogens (primary N) is 3. The smallest absolute Gasteiger partial charge is 0.326 e. The Morgan fingerprint density at radius 2 is 1.71 bits per heavy atom. The number of aliphatic imine (C=N–C) groups is 1. The van der Waals surface area contributed by atoms with Gasteiger partial charge in [0.2, 0.25) is 17.7 Å². The Hall–Kier alpha value is -2.54. The average molecular weight is 420 g/mol. The molecule has 0 aliphatic heterocycles. The molecule has 0 aliphatic carbocycles. The fourth-order valence-corrected chi connectivity index (χ4v) is 2.40. The Kier molecular flexibility index (Phi) is 13.2. The van der Waals surface area contributed by atoms with E-state index in [-0.39, 0.29) is 18.9 Å². The van der Waals surface area contributed by atoms with Crippen LogP contribution in [0.25, 0.3) is 0 Å². The standard InChI is InChI=1S/C15H29N7O5S/c1-28-6-4-10(14(26)27)22-12(24)8-20-11(23)7-21-13(25)9(16)3-2-5-19-15(17)18/h9-10H,2-8,16H2,1H3,(H,20,23)(H,21,25)(H,22,24)(H,26,27)(H4,17,18,19). The largest absolute Gasteiger partial charge is 0.480 e. The van der Waals surface area contributed by atoms with Crippen LogP contribution in [0.15, 0.2) is 4.99 Å². The third-order valence-corrected chi connectivity index (χ3v) is 4.06. The molecule has 12 nitrogen and oxygen atoms in total. The van der Waals surface area contributed by atoms with E-state index in [1.807, 2.05) is 6.26 Å². The number of carbonyl (C=O) groups excluding carboxylic acids is 3. The predicted molar refractivity (Wildman–Crippen MR) is 106 cm³/mol. The normalized spacial score (nSPS) is 12.4. The van der Waals surface area contributed by atoms with Crippen LogP contribution in [0.1, 0.15) is 19.3 Å². The topological polar surface area (TPSA) is 215 Å². The molecule has 0 saturated heterocycles. The van der Waals surface area contributed by atoms with Crippen LogP contribution in [0, 0.1) is 0 Å². The number of amides is 3. The lowest BCUT2D eigenvalue weighted by atomic mass is 10.1. The minimum absolute atomic E-state index is 0.0438. The van der Waals surface area contributed by atoms with Gasteiger partial charge in [-0.15, -0.1) is 0 Å². The van der Waals surface area contributed by atoms with Crippen molar-refractivity contribution in [1.29, 1.82) is 0 Å². The number of carboxylic acids is 1. The zero-order valence-corrected chi connectivity index (χ0v) is 16.6. The molecule has 13 heteroatoms. The number of rotatable bonds is 14. The zero-order chi connectivity index (χ0) is 21.5. The van der Waals surface area contributed by atoms with Crippen molar-refractivity contribution in [2.75, 3.05) is 31.6 Å². The summed E-state index contributed by atoms with van der Waals surface area (Å²) in [7, 11) is 0. The first-order valence-electron chi connectivity index (χ1n) is 8.53. The molecule has 0 aromatic carbocycles. The van der Waals surface area contributed by atoms with Crippen LogP contribution in [-0.4, -0.2) is 78.5 Å². The average Bonchev–Trinajstić information content (AvgIpc) is 2.64. The first-order valence-corrected chi connectivity index (χ1v) is 9.93. The van der Waals surface area contributed by atoms with Crippen molar-refractivity contribution in [3.05, 3.63) is 0 Å². The third-order valence-electron chi connectivity index (χ3n) is 3.42. The fraction of sp³-hybridized carbons (Fsp3) is 0.667. The lowest BCUT2D eigenvalue weighted by molar-refractivity contribution is -0.141. The monoisotopic (exact) mass is 419 g/mol. The molecule has 0 rings (SSSR count). The molecule has 0 radical (unpaired) electrons. The number of thioether (sulfide) groups is 1. The van der Waals surface area contributed by atoms with E-state index >= 15 is 0 Å². The van der Waals surface area contributed by atoms with Crippen molar-refractivity contribution in [3.63, 3.8) is 0 Å². The summed E-state index contributed by atoms with van der Waals surface area (Å²) in [5, 5.41) is 16.0. The summed E-state index contributed by atoms with van der Waals surface area (Å²) in [4.78, 5) is 50.0. The Morgan fingerprint density at radius 1 is 1.07 bits per heavy atom. The molecule has 0 spiro atoms. The maximum absolute atomic E-state index is 11.8. The van der Waals surface area contributed by atoms with Gasteiger partial charge >= 0.3 is 5.97 Å². The van der Waals surface area contributed by atoms with Crippen LogP contribution in [0.4, 0.5) is 0 Å². The van der Waals surface area contributed by atoms with Gasteiger partial charge in [0.05, 0.1) is 19.1 Å². The van der Waals surface area contributed by atoms with Gasteiger partial charge in [0.15, 0.2) is 5.96 Å². The predicted octanol–water partition coefficient (Wildman–Crippen LogP) is -3.08. The highest BCUT2D eigenvalue weighted by atomic mass is 32.2. The van der Waals surface area contributed by atoms with Crippen molar-refractivity contribution in [1.82, 2.24) is 16.0 Å². The van der Waals surface area contributed by atoms with Crippen molar-refractivity contribution in [2.45, 2.75) is 31.3 Å². The fourth-order valence-electron chi connectivity index (χ4n) is 1.93. The van der Waals surface area contributed by atoms with Gasteiger partial charge in [0.25, 0.3) is 0 Å². The van der Waals surface area contributed by atoms with Crippen molar-refractivity contribution < 1.29 is 24.3 Å². The Morgan fingerprint density at radius 3 is 2.29 bits per heavy atom. The summed E-state index contributed by atoms with van der Waals surface area (Å²) < 4.78 is 0. The molecule has 10 N–H and O–H groups in total. The summed E-state index contributed by atoms with van der Waals surface area (Å²) in [6.45, 7) is -0.419. The number of nitrogens with zero attached hydrogens (tertiary/aromatic N) is 1. The summed E-state index contributed by atoms with van der Waals surface area (Å²) in [5.41, 5.74) is 16.0. The van der Waals surface area contributed by atoms with E-state index < -0.39 is 42.3 Å². The molecular formula is C15H29N7O5S. The van der Waals surface area contributed by atoms with Gasteiger partial charge in [0, 0.05) is 6.54 Å². The Balaban J connectivity index is 4.10. The molecule has 0 saturated carbocycles. The highest BCUT2D eigenvalue weighted by Gasteiger charge is 2.19. The molecule has 0 aromatic heterocycles. The summed E-state index contributed by atoms with van der Waals surface area (Å²) in [6, 6.07) is -1.84. The summed E-state index contributed by atoms with van der Waals surface area (Å²) in [5.74, 6) is -2.38. The maximum Gasteiger partial charge on any atom is 0.326 e. The number of hydrogen-bond donors (Lipinski definition) is 7. The molecule has 0 aromatic rings. The zero-order valence-electron chi connectivity index (χ0n) is 15.8. The number of hydrogen-bond acceptors (Lipinski definition) is 7. The first kappa shape index (κ1) is 25.5. The van der Waals surface area contributed by atoms with Gasteiger partial charge in [-0.25, -0.2) is 4.79 Å². The van der Waals surface area contributed by atoms with Gasteiger partial charge < -0.3 is 38.3 Å². The van der Waals surface area contributed by atoms with Gasteiger partial charge in [-0.05, 0) is 31.3 Å². The van der Waals surface area contributed by atoms with Crippen LogP contribution < -0.4 is 33.2 Å². The van der Waals surface area contributed by atoms with E-state index in [9.17, 15) is 19.2 Å². The molecule has 2 atom stereocenters. The van der Waals surface area contributed by atoms with E-state index in [2.05, 4.69) is 20.9 Å². The minimum atomic E-state index is -1.14. The highest BCUT2D eigenvalue weighted by Crippen LogP contribution is 2.00. The number of nitrogens with one attached hydrogen (secondary N) is 3. The van der Waals surface area contributed by atoms with Crippen LogP contribution in [-0.2, 0) is 19.2 Å². The van der Waals surface area contributed by atoms with E-state index in [0.29, 0.717) is 25.1 Å². The van der Waals surface area contributed by atoms with Crippen LogP contribution in [0.5, 0.6) is 0 Å². The van der Waals surface area contributed by atoms with Crippen molar-refractivity contribution in [2.24, 2.45) is 22.2 Å². The molecule has 0 fully saturated rings. The third kappa shape index (κ3) is 12.8. The molecule has 2 unspecified atom stereocenters. The minimum Gasteiger partial charge on any atom is -0.480 e. The van der Waals surface area contributed by atoms with Gasteiger partial charge in [-0.3, -0.25) is 19.4 Å². The van der Waals surface area contributed by atoms with Crippen LogP contribution in [0.3, 0.4) is 0 Å². The van der Waals surface area contributed by atoms with E-state index in [4.69, 9.17) is 22.3 Å². The Bertz CT molecular complexity index is 569. The van der Waals surface area contributed by atoms with Gasteiger partial charge in [-0.1, -0.05) is 0 Å². The molecule has 0 bridgehead atoms. The second kappa shape index (κ2) is 14.5. The highest BCUT2D eigenvalue weighted by molar-refractivity contribution is 7.98. The van der Waals surface area contributed by atoms with Crippen LogP contribution >= 0.6 is 11.8 Å². The molecule has 0 heterocycles. The molecule has 3 amide bonds. The lowest BCUT2D eigenvalue weighted by Crippen LogP contribution is -2.48. The summed E-state index contributed by atoms with van der Waals surface area (Å²) >= 11 is 1.46. The van der Waals surface area contributed by atoms with Crippen molar-refractivity contribution >= 4 is 41.4 Å². The van der Waals surface area contributed by atoms with E-state index in [1.165, 1.54) is 11.8 Å². The maximum atomic E-state index is 11.8. The number of carboxylic acid groups (broad SMARTS) is 1. The van der Waals surface area contributed by atoms with Gasteiger partial charge in [0.1, 0.15) is 6.04 Å². The van der Waals surface area contributed by atoms with Crippen molar-refractivity contribution in [3.8, 4) is 0 Å². The second-order valence-corrected chi connectivity index (χ2v) is 6.78. The quantitative estimate of drug-likeness (QED) is 0.0861. The van der Waals surface area contributed by atoms with Gasteiger partial charge in [-0.2, -0.15) is 11.8 Å².